The molecule has 0 aliphatic carbocycles. The molecule has 0 saturated carbocycles. The molecule has 0 aliphatic rings. The van der Waals surface area contributed by atoms with Crippen LogP contribution in [0.5, 0.6) is 6.01 Å². The first-order valence-corrected chi connectivity index (χ1v) is 6.02. The molecule has 7 heteroatoms. The topological polar surface area (TPSA) is 81.2 Å². The minimum Gasteiger partial charge on any atom is -0.463 e. The highest BCUT2D eigenvalue weighted by molar-refractivity contribution is 5.35. The second kappa shape index (κ2) is 7.65. The van der Waals surface area contributed by atoms with Gasteiger partial charge in [-0.15, -0.1) is 0 Å². The standard InChI is InChI=1S/C11H21N5O2/c1-5-6-18-11-15-9(12-3)14-10(16-11)13-7-8(2)17-4/h8H,5-7H2,1-4H3,(H2,12,13,14,15,16). The second-order valence-electron chi connectivity index (χ2n) is 3.79. The van der Waals surface area contributed by atoms with Gasteiger partial charge in [0, 0.05) is 20.7 Å². The summed E-state index contributed by atoms with van der Waals surface area (Å²) in [6.45, 7) is 5.19. The van der Waals surface area contributed by atoms with Crippen LogP contribution in [0, 0.1) is 0 Å². The molecule has 1 aromatic rings. The molecular formula is C11H21N5O2. The molecule has 1 unspecified atom stereocenters. The summed E-state index contributed by atoms with van der Waals surface area (Å²) < 4.78 is 10.5. The van der Waals surface area contributed by atoms with Gasteiger partial charge in [-0.2, -0.15) is 15.0 Å². The molecule has 0 saturated heterocycles. The fourth-order valence-corrected chi connectivity index (χ4v) is 1.12. The molecule has 0 aliphatic heterocycles. The van der Waals surface area contributed by atoms with Crippen molar-refractivity contribution in [1.82, 2.24) is 15.0 Å². The van der Waals surface area contributed by atoms with E-state index in [2.05, 4.69) is 25.6 Å². The molecule has 1 atom stereocenters. The Morgan fingerprint density at radius 1 is 1.22 bits per heavy atom. The number of anilines is 2. The Bertz CT molecular complexity index is 361. The minimum absolute atomic E-state index is 0.0832. The summed E-state index contributed by atoms with van der Waals surface area (Å²) in [6.07, 6.45) is 0.990. The van der Waals surface area contributed by atoms with Crippen molar-refractivity contribution in [3.8, 4) is 6.01 Å². The van der Waals surface area contributed by atoms with Gasteiger partial charge in [-0.3, -0.25) is 0 Å². The Morgan fingerprint density at radius 3 is 2.56 bits per heavy atom. The van der Waals surface area contributed by atoms with Gasteiger partial charge in [0.15, 0.2) is 0 Å². The number of nitrogens with one attached hydrogen (secondary N) is 2. The third-order valence-corrected chi connectivity index (χ3v) is 2.22. The lowest BCUT2D eigenvalue weighted by molar-refractivity contribution is 0.128. The van der Waals surface area contributed by atoms with Gasteiger partial charge >= 0.3 is 6.01 Å². The lowest BCUT2D eigenvalue weighted by Crippen LogP contribution is -2.20. The number of ether oxygens (including phenoxy) is 2. The molecule has 0 fully saturated rings. The molecule has 0 spiro atoms. The third-order valence-electron chi connectivity index (χ3n) is 2.22. The quantitative estimate of drug-likeness (QED) is 0.721. The van der Waals surface area contributed by atoms with Gasteiger partial charge in [0.25, 0.3) is 0 Å². The van der Waals surface area contributed by atoms with Crippen LogP contribution < -0.4 is 15.4 Å². The smallest absolute Gasteiger partial charge is 0.323 e. The van der Waals surface area contributed by atoms with E-state index in [0.29, 0.717) is 31.1 Å². The molecule has 7 nitrogen and oxygen atoms in total. The molecule has 1 aromatic heterocycles. The molecule has 102 valence electrons. The summed E-state index contributed by atoms with van der Waals surface area (Å²) in [6, 6.07) is 0.323. The van der Waals surface area contributed by atoms with Gasteiger partial charge in [-0.1, -0.05) is 6.92 Å². The summed E-state index contributed by atoms with van der Waals surface area (Å²) in [4.78, 5) is 12.5. The zero-order valence-electron chi connectivity index (χ0n) is 11.4. The monoisotopic (exact) mass is 255 g/mol. The first-order chi connectivity index (χ1) is 8.69. The number of methoxy groups -OCH3 is 1. The van der Waals surface area contributed by atoms with Crippen LogP contribution in [0.25, 0.3) is 0 Å². The Kier molecular flexibility index (Phi) is 6.13. The van der Waals surface area contributed by atoms with E-state index in [1.165, 1.54) is 0 Å². The van der Waals surface area contributed by atoms with Crippen molar-refractivity contribution < 1.29 is 9.47 Å². The van der Waals surface area contributed by atoms with Gasteiger partial charge in [-0.05, 0) is 13.3 Å². The molecule has 2 N–H and O–H groups in total. The molecule has 0 amide bonds. The van der Waals surface area contributed by atoms with E-state index >= 15 is 0 Å². The minimum atomic E-state index is 0.0832. The maximum absolute atomic E-state index is 5.40. The zero-order valence-corrected chi connectivity index (χ0v) is 11.4. The summed E-state index contributed by atoms with van der Waals surface area (Å²) in [7, 11) is 3.41. The Hall–Kier alpha value is -1.63. The summed E-state index contributed by atoms with van der Waals surface area (Å²) >= 11 is 0. The van der Waals surface area contributed by atoms with Crippen molar-refractivity contribution in [3.05, 3.63) is 0 Å². The van der Waals surface area contributed by atoms with Crippen LogP contribution >= 0.6 is 0 Å². The lowest BCUT2D eigenvalue weighted by Gasteiger charge is -2.12. The van der Waals surface area contributed by atoms with Gasteiger partial charge in [-0.25, -0.2) is 0 Å². The molecule has 1 rings (SSSR count). The highest BCUT2D eigenvalue weighted by Crippen LogP contribution is 2.11. The summed E-state index contributed by atoms with van der Waals surface area (Å²) in [5, 5.41) is 5.95. The van der Waals surface area contributed by atoms with Crippen LogP contribution in [-0.2, 0) is 4.74 Å². The molecular weight excluding hydrogens is 234 g/mol. The number of nitrogens with zero attached hydrogens (tertiary/aromatic N) is 3. The first-order valence-electron chi connectivity index (χ1n) is 6.02. The summed E-state index contributed by atoms with van der Waals surface area (Å²) in [5.41, 5.74) is 0. The zero-order chi connectivity index (χ0) is 13.4. The Labute approximate surface area is 107 Å². The van der Waals surface area contributed by atoms with Gasteiger partial charge < -0.3 is 20.1 Å². The van der Waals surface area contributed by atoms with Crippen molar-refractivity contribution >= 4 is 11.9 Å². The van der Waals surface area contributed by atoms with Crippen LogP contribution in [0.15, 0.2) is 0 Å². The maximum atomic E-state index is 5.40. The molecule has 0 radical (unpaired) electrons. The number of hydrogen-bond donors (Lipinski definition) is 2. The van der Waals surface area contributed by atoms with E-state index < -0.39 is 0 Å². The molecule has 0 aromatic carbocycles. The van der Waals surface area contributed by atoms with E-state index in [1.807, 2.05) is 13.8 Å². The number of hydrogen-bond acceptors (Lipinski definition) is 7. The Morgan fingerprint density at radius 2 is 1.94 bits per heavy atom. The molecule has 18 heavy (non-hydrogen) atoms. The predicted molar refractivity (Wildman–Crippen MR) is 70.1 cm³/mol. The van der Waals surface area contributed by atoms with E-state index in [9.17, 15) is 0 Å². The van der Waals surface area contributed by atoms with Crippen molar-refractivity contribution in [2.45, 2.75) is 26.4 Å². The highest BCUT2D eigenvalue weighted by Gasteiger charge is 2.07. The van der Waals surface area contributed by atoms with E-state index in [4.69, 9.17) is 9.47 Å². The van der Waals surface area contributed by atoms with Crippen LogP contribution in [-0.4, -0.2) is 48.4 Å². The van der Waals surface area contributed by atoms with Gasteiger partial charge in [0.05, 0.1) is 12.7 Å². The highest BCUT2D eigenvalue weighted by atomic mass is 16.5. The fourth-order valence-electron chi connectivity index (χ4n) is 1.12. The van der Waals surface area contributed by atoms with Crippen molar-refractivity contribution in [2.75, 3.05) is 37.9 Å². The van der Waals surface area contributed by atoms with Crippen molar-refractivity contribution in [1.29, 1.82) is 0 Å². The number of rotatable bonds is 8. The third kappa shape index (κ3) is 4.70. The van der Waals surface area contributed by atoms with E-state index in [-0.39, 0.29) is 6.10 Å². The maximum Gasteiger partial charge on any atom is 0.323 e. The SMILES string of the molecule is CCCOc1nc(NC)nc(NCC(C)OC)n1. The van der Waals surface area contributed by atoms with Crippen LogP contribution in [0.1, 0.15) is 20.3 Å². The first kappa shape index (κ1) is 14.4. The lowest BCUT2D eigenvalue weighted by atomic mass is 10.4. The Balaban J connectivity index is 2.70. The van der Waals surface area contributed by atoms with Crippen LogP contribution in [0.2, 0.25) is 0 Å². The molecule has 1 heterocycles. The summed E-state index contributed by atoms with van der Waals surface area (Å²) in [5.74, 6) is 0.952. The van der Waals surface area contributed by atoms with Crippen LogP contribution in [0.4, 0.5) is 11.9 Å². The fraction of sp³-hybridized carbons (Fsp3) is 0.727. The van der Waals surface area contributed by atoms with Crippen molar-refractivity contribution in [3.63, 3.8) is 0 Å². The second-order valence-corrected chi connectivity index (χ2v) is 3.79. The largest absolute Gasteiger partial charge is 0.463 e. The van der Waals surface area contributed by atoms with Crippen molar-refractivity contribution in [2.24, 2.45) is 0 Å². The average molecular weight is 255 g/mol. The van der Waals surface area contributed by atoms with E-state index in [0.717, 1.165) is 6.42 Å². The van der Waals surface area contributed by atoms with Gasteiger partial charge in [0.1, 0.15) is 0 Å². The van der Waals surface area contributed by atoms with Crippen LogP contribution in [0.3, 0.4) is 0 Å². The molecule has 0 bridgehead atoms. The van der Waals surface area contributed by atoms with E-state index in [1.54, 1.807) is 14.2 Å². The normalized spacial score (nSPS) is 12.0. The predicted octanol–water partition coefficient (Wildman–Crippen LogP) is 1.15. The number of aromatic nitrogens is 3. The van der Waals surface area contributed by atoms with Gasteiger partial charge in [0.2, 0.25) is 11.9 Å². The average Bonchev–Trinajstić information content (AvgIpc) is 2.42.